The molecule has 0 spiro atoms. The molecule has 0 heterocycles. The molecule has 0 fully saturated rings. The lowest BCUT2D eigenvalue weighted by Gasteiger charge is -2.14. The van der Waals surface area contributed by atoms with Crippen molar-refractivity contribution in [3.05, 3.63) is 89.0 Å². The number of aromatic hydroxyl groups is 1. The first-order valence-corrected chi connectivity index (χ1v) is 11.7. The number of carbonyl (C=O) groups is 1. The van der Waals surface area contributed by atoms with E-state index in [2.05, 4.69) is 10.6 Å². The summed E-state index contributed by atoms with van der Waals surface area (Å²) in [5.41, 5.74) is 8.85. The first kappa shape index (κ1) is 27.0. The van der Waals surface area contributed by atoms with Gasteiger partial charge in [0.2, 0.25) is 0 Å². The third-order valence-electron chi connectivity index (χ3n) is 5.47. The highest BCUT2D eigenvalue weighted by Gasteiger charge is 2.10. The predicted molar refractivity (Wildman–Crippen MR) is 137 cm³/mol. The molecule has 3 aromatic rings. The maximum absolute atomic E-state index is 10.9. The third-order valence-corrected chi connectivity index (χ3v) is 5.47. The average Bonchev–Trinajstić information content (AvgIpc) is 2.87. The lowest BCUT2D eigenvalue weighted by molar-refractivity contribution is 0.0889. The first-order chi connectivity index (χ1) is 17.4. The Morgan fingerprint density at radius 3 is 2.56 bits per heavy atom. The van der Waals surface area contributed by atoms with Crippen molar-refractivity contribution in [1.29, 1.82) is 0 Å². The number of hydrogen-bond donors (Lipinski definition) is 6. The molecule has 7 N–H and O–H groups in total. The molecule has 3 rings (SSSR count). The van der Waals surface area contributed by atoms with Crippen LogP contribution in [0.5, 0.6) is 11.5 Å². The second-order valence-electron chi connectivity index (χ2n) is 8.25. The van der Waals surface area contributed by atoms with Gasteiger partial charge in [-0.25, -0.2) is 4.79 Å². The highest BCUT2D eigenvalue weighted by atomic mass is 16.5. The molecule has 2 amide bonds. The van der Waals surface area contributed by atoms with E-state index in [0.29, 0.717) is 49.7 Å². The van der Waals surface area contributed by atoms with Gasteiger partial charge in [-0.2, -0.15) is 0 Å². The number of primary amides is 1. The Balaban J connectivity index is 1.31. The third kappa shape index (κ3) is 8.86. The minimum absolute atomic E-state index is 0.0168. The van der Waals surface area contributed by atoms with Crippen LogP contribution in [0, 0.1) is 0 Å². The average molecular weight is 496 g/mol. The van der Waals surface area contributed by atoms with Crippen LogP contribution >= 0.6 is 0 Å². The van der Waals surface area contributed by atoms with Crippen LogP contribution in [0.2, 0.25) is 0 Å². The van der Waals surface area contributed by atoms with Crippen molar-refractivity contribution in [3.63, 3.8) is 0 Å². The van der Waals surface area contributed by atoms with Gasteiger partial charge >= 0.3 is 6.03 Å². The summed E-state index contributed by atoms with van der Waals surface area (Å²) >= 11 is 0. The van der Waals surface area contributed by atoms with E-state index >= 15 is 0 Å². The number of amides is 2. The van der Waals surface area contributed by atoms with Gasteiger partial charge < -0.3 is 41.2 Å². The van der Waals surface area contributed by atoms with Crippen molar-refractivity contribution in [3.8, 4) is 11.5 Å². The fraction of sp³-hybridized carbons (Fsp3) is 0.296. The number of phenols is 1. The monoisotopic (exact) mass is 495 g/mol. The minimum atomic E-state index is -0.732. The summed E-state index contributed by atoms with van der Waals surface area (Å²) in [6.45, 7) is 2.00. The quantitative estimate of drug-likeness (QED) is 0.189. The van der Waals surface area contributed by atoms with Crippen molar-refractivity contribution >= 4 is 11.7 Å². The molecule has 0 aliphatic heterocycles. The molecular formula is C27H33N3O6. The molecular weight excluding hydrogens is 462 g/mol. The maximum atomic E-state index is 10.9. The fourth-order valence-electron chi connectivity index (χ4n) is 3.57. The molecule has 0 bridgehead atoms. The first-order valence-electron chi connectivity index (χ1n) is 11.7. The number of urea groups is 1. The molecule has 0 aliphatic rings. The number of anilines is 1. The van der Waals surface area contributed by atoms with Crippen molar-refractivity contribution in [2.24, 2.45) is 5.73 Å². The van der Waals surface area contributed by atoms with Crippen molar-refractivity contribution in [2.75, 3.05) is 31.6 Å². The molecule has 9 heteroatoms. The molecule has 0 aliphatic carbocycles. The van der Waals surface area contributed by atoms with Gasteiger partial charge in [0.15, 0.2) is 0 Å². The number of benzene rings is 3. The van der Waals surface area contributed by atoms with E-state index in [1.54, 1.807) is 24.3 Å². The largest absolute Gasteiger partial charge is 0.508 e. The van der Waals surface area contributed by atoms with Crippen LogP contribution in [0.4, 0.5) is 10.5 Å². The van der Waals surface area contributed by atoms with Gasteiger partial charge in [0.1, 0.15) is 18.1 Å². The Bertz CT molecular complexity index is 1110. The van der Waals surface area contributed by atoms with E-state index in [1.807, 2.05) is 36.4 Å². The Hall–Kier alpha value is -3.63. The van der Waals surface area contributed by atoms with Crippen LogP contribution in [0.1, 0.15) is 28.4 Å². The summed E-state index contributed by atoms with van der Waals surface area (Å²) in [6, 6.07) is 19.2. The summed E-state index contributed by atoms with van der Waals surface area (Å²) in [5, 5.41) is 35.0. The predicted octanol–water partition coefficient (Wildman–Crippen LogP) is 2.84. The highest BCUT2D eigenvalue weighted by molar-refractivity contribution is 5.87. The van der Waals surface area contributed by atoms with Gasteiger partial charge in [-0.1, -0.05) is 30.3 Å². The topological polar surface area (TPSA) is 146 Å². The molecule has 36 heavy (non-hydrogen) atoms. The number of aliphatic hydroxyl groups excluding tert-OH is 2. The van der Waals surface area contributed by atoms with E-state index in [0.717, 1.165) is 23.3 Å². The fourth-order valence-corrected chi connectivity index (χ4v) is 3.57. The van der Waals surface area contributed by atoms with Gasteiger partial charge in [0.25, 0.3) is 0 Å². The molecule has 0 radical (unpaired) electrons. The van der Waals surface area contributed by atoms with Crippen LogP contribution in [-0.4, -0.2) is 47.7 Å². The SMILES string of the molecule is NC(=O)Nc1cccc(COCCOc2ccc(CCNC[C@@H](O)c3ccc(O)c(CO)c3)cc2)c1. The standard InChI is InChI=1S/C27H33N3O6/c28-27(34)30-23-3-1-2-20(14-23)18-35-12-13-36-24-7-4-19(5-8-24)10-11-29-16-26(33)21-6-9-25(32)22(15-21)17-31/h1-9,14-15,26,29,31-33H,10-13,16-18H2,(H3,28,30,34)/t26-/m1/s1. The Labute approximate surface area is 210 Å². The van der Waals surface area contributed by atoms with Gasteiger partial charge in [-0.05, 0) is 66.1 Å². The van der Waals surface area contributed by atoms with Gasteiger partial charge in [-0.15, -0.1) is 0 Å². The van der Waals surface area contributed by atoms with E-state index in [1.165, 1.54) is 6.07 Å². The molecule has 9 nitrogen and oxygen atoms in total. The summed E-state index contributed by atoms with van der Waals surface area (Å²) in [6.07, 6.45) is 0.0571. The smallest absolute Gasteiger partial charge is 0.316 e. The second-order valence-corrected chi connectivity index (χ2v) is 8.25. The maximum Gasteiger partial charge on any atom is 0.316 e. The Morgan fingerprint density at radius 1 is 1.00 bits per heavy atom. The van der Waals surface area contributed by atoms with Gasteiger partial charge in [-0.3, -0.25) is 0 Å². The van der Waals surface area contributed by atoms with Gasteiger partial charge in [0.05, 0.1) is 25.9 Å². The Morgan fingerprint density at radius 2 is 1.81 bits per heavy atom. The van der Waals surface area contributed by atoms with Crippen molar-refractivity contribution in [1.82, 2.24) is 5.32 Å². The van der Waals surface area contributed by atoms with Crippen LogP contribution in [-0.2, 0) is 24.4 Å². The van der Waals surface area contributed by atoms with Crippen LogP contribution < -0.4 is 21.1 Å². The number of carbonyl (C=O) groups excluding carboxylic acids is 1. The van der Waals surface area contributed by atoms with Crippen LogP contribution in [0.25, 0.3) is 0 Å². The molecule has 0 aromatic heterocycles. The van der Waals surface area contributed by atoms with E-state index < -0.39 is 12.1 Å². The number of nitrogens with two attached hydrogens (primary N) is 1. The zero-order valence-corrected chi connectivity index (χ0v) is 20.0. The van der Waals surface area contributed by atoms with E-state index in [4.69, 9.17) is 15.2 Å². The van der Waals surface area contributed by atoms with E-state index in [9.17, 15) is 20.1 Å². The number of hydrogen-bond acceptors (Lipinski definition) is 7. The molecule has 192 valence electrons. The number of nitrogens with one attached hydrogen (secondary N) is 2. The van der Waals surface area contributed by atoms with Crippen LogP contribution in [0.15, 0.2) is 66.7 Å². The minimum Gasteiger partial charge on any atom is -0.508 e. The van der Waals surface area contributed by atoms with Crippen molar-refractivity contribution < 1.29 is 29.6 Å². The zero-order valence-electron chi connectivity index (χ0n) is 20.0. The molecule has 0 saturated carbocycles. The summed E-state index contributed by atoms with van der Waals surface area (Å²) in [4.78, 5) is 10.9. The highest BCUT2D eigenvalue weighted by Crippen LogP contribution is 2.22. The summed E-state index contributed by atoms with van der Waals surface area (Å²) in [7, 11) is 0. The van der Waals surface area contributed by atoms with Crippen molar-refractivity contribution in [2.45, 2.75) is 25.7 Å². The number of ether oxygens (including phenoxy) is 2. The summed E-state index contributed by atoms with van der Waals surface area (Å²) in [5.74, 6) is 0.772. The normalized spacial score (nSPS) is 11.7. The number of aliphatic hydroxyl groups is 2. The zero-order chi connectivity index (χ0) is 25.8. The Kier molecular flexibility index (Phi) is 10.5. The molecule has 0 unspecified atom stereocenters. The molecule has 3 aromatic carbocycles. The van der Waals surface area contributed by atoms with Crippen LogP contribution in [0.3, 0.4) is 0 Å². The molecule has 0 saturated heterocycles. The van der Waals surface area contributed by atoms with Gasteiger partial charge in [0, 0.05) is 17.8 Å². The van der Waals surface area contributed by atoms with E-state index in [-0.39, 0.29) is 12.4 Å². The second kappa shape index (κ2) is 14.1. The summed E-state index contributed by atoms with van der Waals surface area (Å²) < 4.78 is 11.4. The lowest BCUT2D eigenvalue weighted by Crippen LogP contribution is -2.23. The lowest BCUT2D eigenvalue weighted by atomic mass is 10.1. The number of rotatable bonds is 14. The molecule has 1 atom stereocenters.